The fraction of sp³-hybridized carbons (Fsp3) is 0.318. The predicted octanol–water partition coefficient (Wildman–Crippen LogP) is 4.13. The molecule has 2 atom stereocenters. The van der Waals surface area contributed by atoms with Crippen molar-refractivity contribution < 1.29 is 13.6 Å². The summed E-state index contributed by atoms with van der Waals surface area (Å²) in [5, 5.41) is 0. The van der Waals surface area contributed by atoms with Crippen LogP contribution in [0.4, 0.5) is 8.78 Å². The van der Waals surface area contributed by atoms with Crippen LogP contribution >= 0.6 is 0 Å². The summed E-state index contributed by atoms with van der Waals surface area (Å²) in [5.41, 5.74) is 2.09. The van der Waals surface area contributed by atoms with Crippen molar-refractivity contribution >= 4 is 11.5 Å². The van der Waals surface area contributed by atoms with Crippen molar-refractivity contribution in [3.8, 4) is 0 Å². The molecular weight excluding hydrogens is 346 g/mol. The van der Waals surface area contributed by atoms with Gasteiger partial charge < -0.3 is 4.90 Å². The molecule has 142 valence electrons. The van der Waals surface area contributed by atoms with Gasteiger partial charge in [0.2, 0.25) is 5.91 Å². The summed E-state index contributed by atoms with van der Waals surface area (Å²) in [5.74, 6) is -1.05. The van der Waals surface area contributed by atoms with Crippen molar-refractivity contribution in [2.45, 2.75) is 13.0 Å². The van der Waals surface area contributed by atoms with Crippen molar-refractivity contribution in [1.29, 1.82) is 0 Å². The van der Waals surface area contributed by atoms with Gasteiger partial charge in [0.15, 0.2) is 0 Å². The third kappa shape index (κ3) is 4.25. The molecule has 0 saturated heterocycles. The molecule has 1 aliphatic rings. The molecule has 0 radical (unpaired) electrons. The van der Waals surface area contributed by atoms with E-state index >= 15 is 0 Å². The lowest BCUT2D eigenvalue weighted by molar-refractivity contribution is -0.133. The Labute approximate surface area is 158 Å². The monoisotopic (exact) mass is 370 g/mol. The molecule has 0 aromatic heterocycles. The van der Waals surface area contributed by atoms with Crippen molar-refractivity contribution in [3.63, 3.8) is 0 Å². The molecule has 1 heterocycles. The molecule has 2 unspecified atom stereocenters. The van der Waals surface area contributed by atoms with E-state index in [1.807, 2.05) is 43.3 Å². The van der Waals surface area contributed by atoms with Crippen LogP contribution in [0.3, 0.4) is 0 Å². The molecule has 2 aromatic rings. The van der Waals surface area contributed by atoms with E-state index in [1.165, 1.54) is 6.07 Å². The van der Waals surface area contributed by atoms with Gasteiger partial charge in [-0.05, 0) is 29.3 Å². The van der Waals surface area contributed by atoms with Gasteiger partial charge in [-0.3, -0.25) is 9.69 Å². The Balaban J connectivity index is 1.92. The number of amides is 1. The van der Waals surface area contributed by atoms with Gasteiger partial charge in [0.1, 0.15) is 11.6 Å². The molecule has 27 heavy (non-hydrogen) atoms. The maximum absolute atomic E-state index is 14.3. The maximum atomic E-state index is 14.3. The first-order chi connectivity index (χ1) is 12.9. The molecule has 5 heteroatoms. The Bertz CT molecular complexity index is 849. The van der Waals surface area contributed by atoms with Gasteiger partial charge in [0.05, 0.1) is 6.04 Å². The zero-order valence-corrected chi connectivity index (χ0v) is 15.8. The van der Waals surface area contributed by atoms with Crippen LogP contribution in [0.1, 0.15) is 24.1 Å². The largest absolute Gasteiger partial charge is 0.349 e. The molecular formula is C22H24F2N2O. The minimum Gasteiger partial charge on any atom is -0.349 e. The van der Waals surface area contributed by atoms with E-state index in [-0.39, 0.29) is 23.4 Å². The summed E-state index contributed by atoms with van der Waals surface area (Å²) in [6, 6.07) is 13.3. The quantitative estimate of drug-likeness (QED) is 0.790. The van der Waals surface area contributed by atoms with Crippen LogP contribution < -0.4 is 0 Å². The van der Waals surface area contributed by atoms with Crippen LogP contribution in [-0.2, 0) is 4.79 Å². The summed E-state index contributed by atoms with van der Waals surface area (Å²) in [7, 11) is 3.48. The topological polar surface area (TPSA) is 23.6 Å². The van der Waals surface area contributed by atoms with Gasteiger partial charge in [-0.15, -0.1) is 0 Å². The van der Waals surface area contributed by atoms with Crippen LogP contribution in [0.15, 0.2) is 54.6 Å². The number of hydrogen-bond donors (Lipinski definition) is 0. The molecule has 0 fully saturated rings. The first-order valence-electron chi connectivity index (χ1n) is 9.03. The van der Waals surface area contributed by atoms with Gasteiger partial charge in [0, 0.05) is 38.7 Å². The van der Waals surface area contributed by atoms with Gasteiger partial charge in [-0.1, -0.05) is 43.3 Å². The minimum absolute atomic E-state index is 0.0483. The standard InChI is InChI=1S/C22H24F2N2O/c1-15(22(27)25(2)3)13-26-14-17(19-12-18(23)9-10-20(19)24)11-21(26)16-7-5-4-6-8-16/h4-12,15,21H,13-14H2,1-3H3. The van der Waals surface area contributed by atoms with E-state index in [0.29, 0.717) is 13.1 Å². The number of carbonyl (C=O) groups excluding carboxylic acids is 1. The Hall–Kier alpha value is -2.53. The van der Waals surface area contributed by atoms with Crippen molar-refractivity contribution in [2.75, 3.05) is 27.2 Å². The lowest BCUT2D eigenvalue weighted by Crippen LogP contribution is -2.37. The molecule has 2 aromatic carbocycles. The predicted molar refractivity (Wildman–Crippen MR) is 103 cm³/mol. The molecule has 0 spiro atoms. The number of halogens is 2. The normalized spacial score (nSPS) is 18.3. The van der Waals surface area contributed by atoms with Crippen LogP contribution in [0, 0.1) is 17.6 Å². The zero-order valence-electron chi connectivity index (χ0n) is 15.8. The fourth-order valence-corrected chi connectivity index (χ4v) is 3.59. The Morgan fingerprint density at radius 1 is 1.19 bits per heavy atom. The van der Waals surface area contributed by atoms with Crippen LogP contribution in [0.2, 0.25) is 0 Å². The summed E-state index contributed by atoms with van der Waals surface area (Å²) < 4.78 is 28.0. The molecule has 1 aliphatic heterocycles. The highest BCUT2D eigenvalue weighted by molar-refractivity contribution is 5.78. The highest BCUT2D eigenvalue weighted by Crippen LogP contribution is 2.36. The molecule has 0 saturated carbocycles. The van der Waals surface area contributed by atoms with E-state index in [0.717, 1.165) is 23.3 Å². The molecule has 0 N–H and O–H groups in total. The second-order valence-electron chi connectivity index (χ2n) is 7.23. The molecule has 3 nitrogen and oxygen atoms in total. The number of nitrogens with zero attached hydrogens (tertiary/aromatic N) is 2. The second kappa shape index (κ2) is 8.01. The van der Waals surface area contributed by atoms with E-state index in [1.54, 1.807) is 19.0 Å². The SMILES string of the molecule is CC(CN1CC(c2cc(F)ccc2F)=CC1c1ccccc1)C(=O)N(C)C. The second-order valence-corrected chi connectivity index (χ2v) is 7.23. The number of hydrogen-bond acceptors (Lipinski definition) is 2. The highest BCUT2D eigenvalue weighted by atomic mass is 19.1. The molecule has 0 aliphatic carbocycles. The Morgan fingerprint density at radius 3 is 2.56 bits per heavy atom. The van der Waals surface area contributed by atoms with Crippen LogP contribution in [-0.4, -0.2) is 42.9 Å². The summed E-state index contributed by atoms with van der Waals surface area (Å²) in [6.45, 7) is 2.89. The van der Waals surface area contributed by atoms with Crippen molar-refractivity contribution in [2.24, 2.45) is 5.92 Å². The summed E-state index contributed by atoms with van der Waals surface area (Å²) in [6.07, 6.45) is 1.97. The smallest absolute Gasteiger partial charge is 0.226 e. The van der Waals surface area contributed by atoms with Crippen LogP contribution in [0.25, 0.3) is 5.57 Å². The van der Waals surface area contributed by atoms with Crippen LogP contribution in [0.5, 0.6) is 0 Å². The Morgan fingerprint density at radius 2 is 1.89 bits per heavy atom. The summed E-state index contributed by atoms with van der Waals surface area (Å²) >= 11 is 0. The van der Waals surface area contributed by atoms with E-state index < -0.39 is 11.6 Å². The van der Waals surface area contributed by atoms with Gasteiger partial charge >= 0.3 is 0 Å². The maximum Gasteiger partial charge on any atom is 0.226 e. The third-order valence-electron chi connectivity index (χ3n) is 4.91. The third-order valence-corrected chi connectivity index (χ3v) is 4.91. The summed E-state index contributed by atoms with van der Waals surface area (Å²) in [4.78, 5) is 16.0. The first-order valence-corrected chi connectivity index (χ1v) is 9.03. The lowest BCUT2D eigenvalue weighted by atomic mass is 10.0. The van der Waals surface area contributed by atoms with E-state index in [2.05, 4.69) is 4.90 Å². The number of carbonyl (C=O) groups is 1. The average molecular weight is 370 g/mol. The number of benzene rings is 2. The lowest BCUT2D eigenvalue weighted by Gasteiger charge is -2.28. The highest BCUT2D eigenvalue weighted by Gasteiger charge is 2.30. The molecule has 3 rings (SSSR count). The fourth-order valence-electron chi connectivity index (χ4n) is 3.59. The van der Waals surface area contributed by atoms with E-state index in [4.69, 9.17) is 0 Å². The minimum atomic E-state index is -0.460. The number of rotatable bonds is 5. The van der Waals surface area contributed by atoms with Crippen molar-refractivity contribution in [1.82, 2.24) is 9.80 Å². The first kappa shape index (κ1) is 19.2. The van der Waals surface area contributed by atoms with Crippen molar-refractivity contribution in [3.05, 3.63) is 77.4 Å². The zero-order chi connectivity index (χ0) is 19.6. The van der Waals surface area contributed by atoms with Gasteiger partial charge in [0.25, 0.3) is 0 Å². The van der Waals surface area contributed by atoms with Gasteiger partial charge in [-0.2, -0.15) is 0 Å². The van der Waals surface area contributed by atoms with Gasteiger partial charge in [-0.25, -0.2) is 8.78 Å². The molecule has 0 bridgehead atoms. The average Bonchev–Trinajstić information content (AvgIpc) is 3.07. The van der Waals surface area contributed by atoms with E-state index in [9.17, 15) is 13.6 Å². The Kier molecular flexibility index (Phi) is 5.71. The molecule has 1 amide bonds.